The van der Waals surface area contributed by atoms with E-state index in [1.54, 1.807) is 11.8 Å². The SMILES string of the molecule is CC(C)c1ccc2cc(C3(C)CCSC(N)=N3)ccc2c1. The third kappa shape index (κ3) is 2.80. The largest absolute Gasteiger partial charge is 0.379 e. The first-order valence-electron chi connectivity index (χ1n) is 7.50. The van der Waals surface area contributed by atoms with E-state index in [1.165, 1.54) is 21.9 Å². The summed E-state index contributed by atoms with van der Waals surface area (Å²) in [6, 6.07) is 13.4. The van der Waals surface area contributed by atoms with Crippen molar-refractivity contribution in [2.24, 2.45) is 10.7 Å². The lowest BCUT2D eigenvalue weighted by Crippen LogP contribution is -2.28. The molecule has 0 aliphatic carbocycles. The summed E-state index contributed by atoms with van der Waals surface area (Å²) < 4.78 is 0. The maximum Gasteiger partial charge on any atom is 0.154 e. The van der Waals surface area contributed by atoms with Crippen LogP contribution in [0.15, 0.2) is 41.4 Å². The molecule has 0 bridgehead atoms. The number of hydrogen-bond donors (Lipinski definition) is 1. The van der Waals surface area contributed by atoms with E-state index in [9.17, 15) is 0 Å². The van der Waals surface area contributed by atoms with Gasteiger partial charge in [-0.05, 0) is 47.2 Å². The summed E-state index contributed by atoms with van der Waals surface area (Å²) in [5.74, 6) is 1.60. The van der Waals surface area contributed by atoms with Crippen LogP contribution in [0.25, 0.3) is 10.8 Å². The zero-order valence-corrected chi connectivity index (χ0v) is 13.7. The maximum atomic E-state index is 5.93. The summed E-state index contributed by atoms with van der Waals surface area (Å²) in [4.78, 5) is 4.69. The Kier molecular flexibility index (Phi) is 3.70. The van der Waals surface area contributed by atoms with Crippen molar-refractivity contribution in [3.63, 3.8) is 0 Å². The van der Waals surface area contributed by atoms with E-state index in [0.29, 0.717) is 11.1 Å². The van der Waals surface area contributed by atoms with Crippen molar-refractivity contribution < 1.29 is 0 Å². The van der Waals surface area contributed by atoms with Crippen LogP contribution < -0.4 is 5.73 Å². The molecule has 2 aromatic rings. The molecule has 0 fully saturated rings. The molecule has 3 rings (SSSR count). The topological polar surface area (TPSA) is 38.4 Å². The van der Waals surface area contributed by atoms with Gasteiger partial charge < -0.3 is 5.73 Å². The van der Waals surface area contributed by atoms with E-state index in [-0.39, 0.29) is 5.54 Å². The molecule has 0 amide bonds. The predicted octanol–water partition coefficient (Wildman–Crippen LogP) is 4.63. The van der Waals surface area contributed by atoms with Crippen LogP contribution >= 0.6 is 11.8 Å². The fourth-order valence-corrected chi connectivity index (χ4v) is 3.83. The Morgan fingerprint density at radius 2 is 1.86 bits per heavy atom. The number of amidine groups is 1. The molecule has 0 aromatic heterocycles. The Morgan fingerprint density at radius 1 is 1.14 bits per heavy atom. The number of fused-ring (bicyclic) bond motifs is 1. The molecule has 1 aliphatic rings. The molecule has 1 unspecified atom stereocenters. The summed E-state index contributed by atoms with van der Waals surface area (Å²) in [5.41, 5.74) is 8.39. The maximum absolute atomic E-state index is 5.93. The summed E-state index contributed by atoms with van der Waals surface area (Å²) in [6.07, 6.45) is 1.04. The zero-order chi connectivity index (χ0) is 15.0. The summed E-state index contributed by atoms with van der Waals surface area (Å²) >= 11 is 1.65. The van der Waals surface area contributed by atoms with E-state index < -0.39 is 0 Å². The second kappa shape index (κ2) is 5.38. The molecule has 0 saturated carbocycles. The van der Waals surface area contributed by atoms with Gasteiger partial charge in [0.2, 0.25) is 0 Å². The van der Waals surface area contributed by atoms with Crippen molar-refractivity contribution >= 4 is 27.7 Å². The van der Waals surface area contributed by atoms with Crippen LogP contribution in [-0.2, 0) is 5.54 Å². The zero-order valence-electron chi connectivity index (χ0n) is 12.9. The van der Waals surface area contributed by atoms with E-state index >= 15 is 0 Å². The van der Waals surface area contributed by atoms with Crippen LogP contribution in [0.1, 0.15) is 44.2 Å². The number of nitrogens with two attached hydrogens (primary N) is 1. The molecule has 2 nitrogen and oxygen atoms in total. The van der Waals surface area contributed by atoms with Crippen LogP contribution in [0.3, 0.4) is 0 Å². The Labute approximate surface area is 130 Å². The highest BCUT2D eigenvalue weighted by Crippen LogP contribution is 2.36. The summed E-state index contributed by atoms with van der Waals surface area (Å²) in [7, 11) is 0. The lowest BCUT2D eigenvalue weighted by atomic mass is 9.88. The van der Waals surface area contributed by atoms with E-state index in [2.05, 4.69) is 57.2 Å². The number of rotatable bonds is 2. The minimum absolute atomic E-state index is 0.180. The van der Waals surface area contributed by atoms with E-state index in [1.807, 2.05) is 0 Å². The molecule has 3 heteroatoms. The number of thioether (sulfide) groups is 1. The molecule has 0 saturated heterocycles. The second-order valence-corrected chi connectivity index (χ2v) is 7.41. The highest BCUT2D eigenvalue weighted by Gasteiger charge is 2.29. The van der Waals surface area contributed by atoms with Crippen molar-refractivity contribution in [2.45, 2.75) is 38.6 Å². The predicted molar refractivity (Wildman–Crippen MR) is 94.1 cm³/mol. The van der Waals surface area contributed by atoms with Gasteiger partial charge in [0.1, 0.15) is 0 Å². The molecule has 110 valence electrons. The highest BCUT2D eigenvalue weighted by atomic mass is 32.2. The Balaban J connectivity index is 2.05. The van der Waals surface area contributed by atoms with Crippen molar-refractivity contribution in [1.29, 1.82) is 0 Å². The monoisotopic (exact) mass is 298 g/mol. The Bertz CT molecular complexity index is 705. The fraction of sp³-hybridized carbons (Fsp3) is 0.389. The normalized spacial score (nSPS) is 22.6. The van der Waals surface area contributed by atoms with Gasteiger partial charge in [0.15, 0.2) is 5.17 Å². The first kappa shape index (κ1) is 14.5. The standard InChI is InChI=1S/C18H22N2S/c1-12(2)13-4-5-15-11-16(7-6-14(15)10-13)18(3)8-9-21-17(19)20-18/h4-7,10-12H,8-9H2,1-3H3,(H2,19,20). The molecule has 0 radical (unpaired) electrons. The third-order valence-electron chi connectivity index (χ3n) is 4.35. The second-order valence-electron chi connectivity index (χ2n) is 6.30. The summed E-state index contributed by atoms with van der Waals surface area (Å²) in [5, 5.41) is 3.29. The van der Waals surface area contributed by atoms with Gasteiger partial charge in [0.05, 0.1) is 5.54 Å². The number of benzene rings is 2. The average Bonchev–Trinajstić information content (AvgIpc) is 2.45. The van der Waals surface area contributed by atoms with Gasteiger partial charge in [0.25, 0.3) is 0 Å². The number of aliphatic imine (C=N–C) groups is 1. The molecule has 1 atom stereocenters. The molecular formula is C18H22N2S. The smallest absolute Gasteiger partial charge is 0.154 e. The van der Waals surface area contributed by atoms with Crippen LogP contribution in [0.5, 0.6) is 0 Å². The van der Waals surface area contributed by atoms with Gasteiger partial charge >= 0.3 is 0 Å². The van der Waals surface area contributed by atoms with Gasteiger partial charge in [-0.25, -0.2) is 0 Å². The average molecular weight is 298 g/mol. The minimum atomic E-state index is -0.180. The fourth-order valence-electron chi connectivity index (χ4n) is 2.85. The quantitative estimate of drug-likeness (QED) is 0.878. The van der Waals surface area contributed by atoms with Crippen LogP contribution in [0, 0.1) is 0 Å². The molecule has 1 aliphatic heterocycles. The highest BCUT2D eigenvalue weighted by molar-refractivity contribution is 8.13. The lowest BCUT2D eigenvalue weighted by Gasteiger charge is -2.30. The number of hydrogen-bond acceptors (Lipinski definition) is 3. The van der Waals surface area contributed by atoms with Gasteiger partial charge in [-0.15, -0.1) is 0 Å². The Hall–Kier alpha value is -1.48. The molecule has 1 heterocycles. The minimum Gasteiger partial charge on any atom is -0.379 e. The van der Waals surface area contributed by atoms with Gasteiger partial charge in [0, 0.05) is 5.75 Å². The third-order valence-corrected chi connectivity index (χ3v) is 5.14. The molecule has 0 spiro atoms. The first-order valence-corrected chi connectivity index (χ1v) is 8.49. The Morgan fingerprint density at radius 3 is 2.57 bits per heavy atom. The molecule has 2 N–H and O–H groups in total. The summed E-state index contributed by atoms with van der Waals surface area (Å²) in [6.45, 7) is 6.64. The molecular weight excluding hydrogens is 276 g/mol. The molecule has 21 heavy (non-hydrogen) atoms. The van der Waals surface area contributed by atoms with E-state index in [4.69, 9.17) is 10.7 Å². The lowest BCUT2D eigenvalue weighted by molar-refractivity contribution is 0.482. The van der Waals surface area contributed by atoms with Crippen molar-refractivity contribution in [3.05, 3.63) is 47.5 Å². The van der Waals surface area contributed by atoms with Crippen molar-refractivity contribution in [2.75, 3.05) is 5.75 Å². The number of nitrogens with zero attached hydrogens (tertiary/aromatic N) is 1. The van der Waals surface area contributed by atoms with Gasteiger partial charge in [-0.1, -0.05) is 55.9 Å². The van der Waals surface area contributed by atoms with Crippen LogP contribution in [0.2, 0.25) is 0 Å². The van der Waals surface area contributed by atoms with Crippen molar-refractivity contribution in [3.8, 4) is 0 Å². The van der Waals surface area contributed by atoms with E-state index in [0.717, 1.165) is 12.2 Å². The van der Waals surface area contributed by atoms with Gasteiger partial charge in [-0.2, -0.15) is 0 Å². The van der Waals surface area contributed by atoms with Crippen LogP contribution in [0.4, 0.5) is 0 Å². The van der Waals surface area contributed by atoms with Crippen LogP contribution in [-0.4, -0.2) is 10.9 Å². The van der Waals surface area contributed by atoms with Crippen molar-refractivity contribution in [1.82, 2.24) is 0 Å². The molecule has 2 aromatic carbocycles. The van der Waals surface area contributed by atoms with Gasteiger partial charge in [-0.3, -0.25) is 4.99 Å². The first-order chi connectivity index (χ1) is 9.98.